The minimum Gasteiger partial charge on any atom is -0.494 e. The number of piperidine rings is 2. The number of nitrogens with two attached hydrogens (primary N) is 2. The average molecular weight is 610 g/mol. The molecule has 236 valence electrons. The Morgan fingerprint density at radius 3 is 2.49 bits per heavy atom. The summed E-state index contributed by atoms with van der Waals surface area (Å²) in [4.78, 5) is 34.6. The van der Waals surface area contributed by atoms with Crippen LogP contribution in [0.1, 0.15) is 60.4 Å². The van der Waals surface area contributed by atoms with Crippen LogP contribution in [0.2, 0.25) is 0 Å². The number of fused-ring (bicyclic) bond motifs is 4. The lowest BCUT2D eigenvalue weighted by Gasteiger charge is -2.32. The van der Waals surface area contributed by atoms with Crippen molar-refractivity contribution in [3.8, 4) is 17.3 Å². The van der Waals surface area contributed by atoms with E-state index < -0.39 is 0 Å². The Kier molecular flexibility index (Phi) is 6.91. The predicted octanol–water partition coefficient (Wildman–Crippen LogP) is 3.84. The number of carbonyl (C=O) groups is 2. The Labute approximate surface area is 263 Å². The molecule has 2 aliphatic carbocycles. The summed E-state index contributed by atoms with van der Waals surface area (Å²) in [6, 6.07) is 12.9. The molecule has 4 heterocycles. The second kappa shape index (κ2) is 10.9. The third kappa shape index (κ3) is 4.80. The molecule has 4 aliphatic rings. The number of primary amides is 1. The monoisotopic (exact) mass is 609 g/mol. The van der Waals surface area contributed by atoms with E-state index in [1.165, 1.54) is 29.3 Å². The lowest BCUT2D eigenvalue weighted by atomic mass is 9.88. The van der Waals surface area contributed by atoms with Crippen molar-refractivity contribution in [2.75, 3.05) is 33.3 Å². The van der Waals surface area contributed by atoms with Gasteiger partial charge in [-0.2, -0.15) is 0 Å². The number of methoxy groups -OCH3 is 1. The van der Waals surface area contributed by atoms with E-state index in [4.69, 9.17) is 21.2 Å². The highest BCUT2D eigenvalue weighted by Gasteiger charge is 2.47. The van der Waals surface area contributed by atoms with Gasteiger partial charge in [0.1, 0.15) is 11.3 Å². The Morgan fingerprint density at radius 2 is 1.82 bits per heavy atom. The van der Waals surface area contributed by atoms with E-state index in [0.29, 0.717) is 35.6 Å². The Morgan fingerprint density at radius 1 is 1.02 bits per heavy atom. The van der Waals surface area contributed by atoms with Crippen LogP contribution in [-0.4, -0.2) is 81.1 Å². The summed E-state index contributed by atoms with van der Waals surface area (Å²) >= 11 is 0. The van der Waals surface area contributed by atoms with Crippen LogP contribution in [0.3, 0.4) is 0 Å². The predicted molar refractivity (Wildman–Crippen MR) is 174 cm³/mol. The maximum absolute atomic E-state index is 13.8. The Balaban J connectivity index is 1.20. The molecule has 4 fully saturated rings. The van der Waals surface area contributed by atoms with Crippen LogP contribution >= 0.6 is 0 Å². The number of para-hydroxylation sites is 1. The van der Waals surface area contributed by atoms with Crippen molar-refractivity contribution in [3.05, 3.63) is 47.5 Å². The van der Waals surface area contributed by atoms with Gasteiger partial charge in [0.15, 0.2) is 5.82 Å². The van der Waals surface area contributed by atoms with Crippen LogP contribution < -0.4 is 16.2 Å². The van der Waals surface area contributed by atoms with E-state index in [-0.39, 0.29) is 23.9 Å². The van der Waals surface area contributed by atoms with E-state index in [9.17, 15) is 9.59 Å². The van der Waals surface area contributed by atoms with Crippen LogP contribution in [0.15, 0.2) is 36.4 Å². The lowest BCUT2D eigenvalue weighted by molar-refractivity contribution is -0.119. The number of carbonyl (C=O) groups excluding carboxylic acids is 2. The van der Waals surface area contributed by atoms with Crippen molar-refractivity contribution in [3.63, 3.8) is 0 Å². The van der Waals surface area contributed by atoms with Crippen molar-refractivity contribution in [1.29, 1.82) is 0 Å². The first-order valence-corrected chi connectivity index (χ1v) is 16.5. The fourth-order valence-corrected chi connectivity index (χ4v) is 8.51. The first-order chi connectivity index (χ1) is 21.8. The lowest BCUT2D eigenvalue weighted by Crippen LogP contribution is -2.41. The van der Waals surface area contributed by atoms with Gasteiger partial charge in [0.25, 0.3) is 5.91 Å². The number of aromatic nitrogens is 3. The summed E-state index contributed by atoms with van der Waals surface area (Å²) in [5, 5.41) is 1.22. The van der Waals surface area contributed by atoms with Crippen LogP contribution in [0.25, 0.3) is 33.5 Å². The molecule has 45 heavy (non-hydrogen) atoms. The van der Waals surface area contributed by atoms with Crippen molar-refractivity contribution in [2.45, 2.75) is 63.1 Å². The minimum atomic E-state index is -0.263. The van der Waals surface area contributed by atoms with E-state index in [1.54, 1.807) is 7.11 Å². The first-order valence-electron chi connectivity index (χ1n) is 16.5. The van der Waals surface area contributed by atoms with Crippen LogP contribution in [-0.2, 0) is 18.4 Å². The summed E-state index contributed by atoms with van der Waals surface area (Å²) in [5.74, 6) is 2.75. The molecule has 0 radical (unpaired) electrons. The van der Waals surface area contributed by atoms with Crippen molar-refractivity contribution in [1.82, 2.24) is 23.9 Å². The Bertz CT molecular complexity index is 1810. The second-order valence-electron chi connectivity index (χ2n) is 13.9. The molecule has 2 saturated heterocycles. The van der Waals surface area contributed by atoms with Crippen LogP contribution in [0.5, 0.6) is 5.75 Å². The van der Waals surface area contributed by atoms with Gasteiger partial charge in [-0.15, -0.1) is 0 Å². The van der Waals surface area contributed by atoms with Gasteiger partial charge in [0, 0.05) is 43.2 Å². The van der Waals surface area contributed by atoms with E-state index in [2.05, 4.69) is 38.3 Å². The SMILES string of the molecule is COc1cc(C(=O)N2C[C@H]3CC[C@@H]2[C@@H]3N)cc2nc(-c3cc4cccc(C5CCN(CC(N)=O)CC5)c4n3CC3CC3)n(C)c12. The molecular formula is C35H43N7O3. The van der Waals surface area contributed by atoms with Gasteiger partial charge in [-0.05, 0) is 93.1 Å². The fraction of sp³-hybridized carbons (Fsp3) is 0.514. The third-order valence-electron chi connectivity index (χ3n) is 11.0. The Hall–Kier alpha value is -3.89. The van der Waals surface area contributed by atoms with Gasteiger partial charge in [0.2, 0.25) is 5.91 Å². The summed E-state index contributed by atoms with van der Waals surface area (Å²) in [6.07, 6.45) is 6.57. The van der Waals surface area contributed by atoms with Crippen LogP contribution in [0, 0.1) is 11.8 Å². The average Bonchev–Trinajstić information content (AvgIpc) is 3.42. The number of rotatable bonds is 8. The molecule has 3 atom stereocenters. The molecule has 2 aromatic carbocycles. The minimum absolute atomic E-state index is 0.0134. The topological polar surface area (TPSA) is 125 Å². The molecule has 10 heteroatoms. The zero-order chi connectivity index (χ0) is 31.0. The quantitative estimate of drug-likeness (QED) is 0.313. The smallest absolute Gasteiger partial charge is 0.254 e. The zero-order valence-electron chi connectivity index (χ0n) is 26.2. The number of aryl methyl sites for hydroxylation is 1. The number of amides is 2. The normalized spacial score (nSPS) is 23.9. The van der Waals surface area contributed by atoms with Crippen molar-refractivity contribution < 1.29 is 14.3 Å². The fourth-order valence-electron chi connectivity index (χ4n) is 8.51. The molecule has 8 rings (SSSR count). The number of hydrogen-bond donors (Lipinski definition) is 2. The third-order valence-corrected chi connectivity index (χ3v) is 11.0. The van der Waals surface area contributed by atoms with Gasteiger partial charge >= 0.3 is 0 Å². The number of nitrogens with zero attached hydrogens (tertiary/aromatic N) is 5. The highest BCUT2D eigenvalue weighted by atomic mass is 16.5. The zero-order valence-corrected chi connectivity index (χ0v) is 26.2. The van der Waals surface area contributed by atoms with E-state index in [0.717, 1.165) is 74.4 Å². The first kappa shape index (κ1) is 28.6. The summed E-state index contributed by atoms with van der Waals surface area (Å²) in [7, 11) is 3.70. The molecule has 0 spiro atoms. The molecular weight excluding hydrogens is 566 g/mol. The highest BCUT2D eigenvalue weighted by molar-refractivity contribution is 6.00. The van der Waals surface area contributed by atoms with Crippen LogP contribution in [0.4, 0.5) is 0 Å². The molecule has 2 aliphatic heterocycles. The number of ether oxygens (including phenoxy) is 1. The number of hydrogen-bond acceptors (Lipinski definition) is 6. The van der Waals surface area contributed by atoms with Crippen molar-refractivity contribution in [2.24, 2.45) is 30.4 Å². The largest absolute Gasteiger partial charge is 0.494 e. The molecule has 2 bridgehead atoms. The molecule has 10 nitrogen and oxygen atoms in total. The molecule has 4 aromatic rings. The number of benzene rings is 2. The molecule has 2 aromatic heterocycles. The van der Waals surface area contributed by atoms with Crippen molar-refractivity contribution >= 4 is 33.8 Å². The van der Waals surface area contributed by atoms with Gasteiger partial charge in [-0.3, -0.25) is 14.5 Å². The van der Waals surface area contributed by atoms with Gasteiger partial charge in [0.05, 0.1) is 30.4 Å². The summed E-state index contributed by atoms with van der Waals surface area (Å²) in [6.45, 7) is 3.76. The van der Waals surface area contributed by atoms with Gasteiger partial charge in [-0.25, -0.2) is 4.98 Å². The highest BCUT2D eigenvalue weighted by Crippen LogP contribution is 2.42. The van der Waals surface area contributed by atoms with Gasteiger partial charge < -0.3 is 30.2 Å². The second-order valence-corrected chi connectivity index (χ2v) is 13.9. The van der Waals surface area contributed by atoms with E-state index in [1.807, 2.05) is 24.1 Å². The summed E-state index contributed by atoms with van der Waals surface area (Å²) in [5.41, 5.74) is 17.9. The van der Waals surface area contributed by atoms with Gasteiger partial charge in [-0.1, -0.05) is 18.2 Å². The number of likely N-dealkylation sites (tertiary alicyclic amines) is 2. The van der Waals surface area contributed by atoms with E-state index >= 15 is 0 Å². The standard InChI is InChI=1S/C35H43N7O3/c1-39-33-26(14-24(16-29(33)45-2)35(44)42-18-23-8-9-27(42)31(23)37)38-34(39)28-15-22-4-3-5-25(32(22)41(28)17-20-6-7-20)21-10-12-40(13-11-21)19-30(36)43/h3-5,14-16,20-21,23,27,31H,6-13,17-19,37H2,1-2H3,(H2,36,43)/t23-,27-,31-/m1/s1. The molecule has 2 saturated carbocycles. The maximum atomic E-state index is 13.8. The molecule has 4 N–H and O–H groups in total. The summed E-state index contributed by atoms with van der Waals surface area (Å²) < 4.78 is 10.5. The molecule has 0 unspecified atom stereocenters. The maximum Gasteiger partial charge on any atom is 0.254 e. The number of imidazole rings is 1. The molecule has 2 amide bonds.